The van der Waals surface area contributed by atoms with Crippen LogP contribution < -0.4 is 10.6 Å². The molecule has 0 aliphatic rings. The van der Waals surface area contributed by atoms with Crippen molar-refractivity contribution < 1.29 is 13.2 Å². The van der Waals surface area contributed by atoms with Gasteiger partial charge in [0.25, 0.3) is 0 Å². The molecule has 2 aromatic rings. The van der Waals surface area contributed by atoms with E-state index in [0.29, 0.717) is 28.1 Å². The minimum atomic E-state index is -4.53. The first-order valence-corrected chi connectivity index (χ1v) is 10.3. The molecule has 0 aliphatic heterocycles. The number of hydrogen-bond donors (Lipinski definition) is 2. The Morgan fingerprint density at radius 2 is 1.70 bits per heavy atom. The fourth-order valence-corrected chi connectivity index (χ4v) is 4.12. The topological polar surface area (TPSA) is 24.1 Å². The van der Waals surface area contributed by atoms with Gasteiger partial charge in [0.05, 0.1) is 10.6 Å². The molecule has 0 heterocycles. The number of benzene rings is 2. The summed E-state index contributed by atoms with van der Waals surface area (Å²) in [6.45, 7) is 0.526. The van der Waals surface area contributed by atoms with Gasteiger partial charge in [-0.05, 0) is 48.1 Å². The Balaban J connectivity index is 1.78. The maximum atomic E-state index is 12.9. The average Bonchev–Trinajstić information content (AvgIpc) is 2.57. The molecule has 2 rings (SSSR count). The van der Waals surface area contributed by atoms with Gasteiger partial charge >= 0.3 is 6.18 Å². The number of thiocarbonyl (C=S) groups is 1. The zero-order valence-corrected chi connectivity index (χ0v) is 17.6. The van der Waals surface area contributed by atoms with E-state index in [2.05, 4.69) is 10.6 Å². The highest BCUT2D eigenvalue weighted by molar-refractivity contribution is 7.98. The minimum absolute atomic E-state index is 0.208. The van der Waals surface area contributed by atoms with Crippen LogP contribution in [0.3, 0.4) is 0 Å². The lowest BCUT2D eigenvalue weighted by Crippen LogP contribution is -2.30. The van der Waals surface area contributed by atoms with Gasteiger partial charge in [-0.3, -0.25) is 0 Å². The molecule has 0 aromatic heterocycles. The quantitative estimate of drug-likeness (QED) is 0.352. The van der Waals surface area contributed by atoms with E-state index in [-0.39, 0.29) is 15.8 Å². The summed E-state index contributed by atoms with van der Waals surface area (Å²) in [5.74, 6) is 1.35. The van der Waals surface area contributed by atoms with Gasteiger partial charge in [-0.2, -0.15) is 24.9 Å². The van der Waals surface area contributed by atoms with Crippen molar-refractivity contribution in [2.45, 2.75) is 11.9 Å². The Kier molecular flexibility index (Phi) is 8.37. The van der Waals surface area contributed by atoms with Gasteiger partial charge in [-0.1, -0.05) is 40.9 Å². The molecular weight excluding hydrogens is 460 g/mol. The van der Waals surface area contributed by atoms with Crippen molar-refractivity contribution in [1.29, 1.82) is 0 Å². The molecular formula is C17H14Cl3F3N2S2. The number of thioether (sulfide) groups is 1. The van der Waals surface area contributed by atoms with Crippen LogP contribution in [-0.4, -0.2) is 17.4 Å². The average molecular weight is 474 g/mol. The molecule has 0 saturated carbocycles. The summed E-state index contributed by atoms with van der Waals surface area (Å²) < 4.78 is 38.6. The van der Waals surface area contributed by atoms with Crippen molar-refractivity contribution in [3.8, 4) is 0 Å². The molecule has 0 saturated heterocycles. The molecule has 2 nitrogen and oxygen atoms in total. The molecule has 2 aromatic carbocycles. The van der Waals surface area contributed by atoms with E-state index in [0.717, 1.165) is 11.6 Å². The second-order valence-electron chi connectivity index (χ2n) is 5.33. The van der Waals surface area contributed by atoms with Gasteiger partial charge < -0.3 is 10.6 Å². The molecule has 0 bridgehead atoms. The van der Waals surface area contributed by atoms with E-state index >= 15 is 0 Å². The highest BCUT2D eigenvalue weighted by atomic mass is 35.5. The molecule has 0 amide bonds. The number of hydrogen-bond acceptors (Lipinski definition) is 2. The van der Waals surface area contributed by atoms with Crippen LogP contribution in [-0.2, 0) is 11.9 Å². The van der Waals surface area contributed by atoms with Crippen LogP contribution in [0.25, 0.3) is 0 Å². The zero-order valence-electron chi connectivity index (χ0n) is 13.7. The molecule has 2 N–H and O–H groups in total. The molecule has 146 valence electrons. The van der Waals surface area contributed by atoms with Crippen molar-refractivity contribution in [1.82, 2.24) is 5.32 Å². The summed E-state index contributed by atoms with van der Waals surface area (Å²) in [7, 11) is 0. The predicted molar refractivity (Wildman–Crippen MR) is 113 cm³/mol. The molecule has 0 spiro atoms. The Morgan fingerprint density at radius 1 is 1.04 bits per heavy atom. The lowest BCUT2D eigenvalue weighted by atomic mass is 10.2. The lowest BCUT2D eigenvalue weighted by molar-refractivity contribution is -0.137. The van der Waals surface area contributed by atoms with E-state index in [1.165, 1.54) is 12.1 Å². The Morgan fingerprint density at radius 3 is 2.33 bits per heavy atom. The number of anilines is 1. The normalized spacial score (nSPS) is 11.3. The Labute approximate surface area is 179 Å². The van der Waals surface area contributed by atoms with Gasteiger partial charge in [-0.25, -0.2) is 0 Å². The molecule has 0 fully saturated rings. The SMILES string of the molecule is FC(F)(F)c1cc(NC(=S)NCCSCc2c(Cl)cccc2Cl)ccc1Cl. The Bertz CT molecular complexity index is 796. The first kappa shape index (κ1) is 22.4. The highest BCUT2D eigenvalue weighted by Gasteiger charge is 2.33. The summed E-state index contributed by atoms with van der Waals surface area (Å²) in [4.78, 5) is 0. The predicted octanol–water partition coefficient (Wildman–Crippen LogP) is 6.89. The second-order valence-corrected chi connectivity index (χ2v) is 8.06. The molecule has 0 aliphatic carbocycles. The monoisotopic (exact) mass is 472 g/mol. The Hall–Kier alpha value is -0.860. The fourth-order valence-electron chi connectivity index (χ4n) is 2.08. The third-order valence-corrected chi connectivity index (χ3v) is 5.64. The van der Waals surface area contributed by atoms with E-state index in [4.69, 9.17) is 47.0 Å². The van der Waals surface area contributed by atoms with Crippen molar-refractivity contribution in [2.24, 2.45) is 0 Å². The van der Waals surface area contributed by atoms with Crippen LogP contribution in [0.1, 0.15) is 11.1 Å². The van der Waals surface area contributed by atoms with Crippen molar-refractivity contribution >= 4 is 69.6 Å². The van der Waals surface area contributed by atoms with Crippen LogP contribution >= 0.6 is 58.8 Å². The molecule has 10 heteroatoms. The molecule has 0 radical (unpaired) electrons. The number of halogens is 6. The molecule has 0 atom stereocenters. The standard InChI is InChI=1S/C17H14Cl3F3N2S2/c18-13-2-1-3-14(19)11(13)9-27-7-6-24-16(26)25-10-4-5-15(20)12(8-10)17(21,22)23/h1-5,8H,6-7,9H2,(H2,24,25,26). The van der Waals surface area contributed by atoms with Gasteiger partial charge in [0.2, 0.25) is 0 Å². The van der Waals surface area contributed by atoms with E-state index in [9.17, 15) is 13.2 Å². The van der Waals surface area contributed by atoms with E-state index in [1.807, 2.05) is 0 Å². The van der Waals surface area contributed by atoms with Crippen molar-refractivity contribution in [2.75, 3.05) is 17.6 Å². The van der Waals surface area contributed by atoms with Gasteiger partial charge in [-0.15, -0.1) is 0 Å². The summed E-state index contributed by atoms with van der Waals surface area (Å²) in [5, 5.41) is 6.75. The van der Waals surface area contributed by atoms with Crippen LogP contribution in [0.5, 0.6) is 0 Å². The largest absolute Gasteiger partial charge is 0.417 e. The number of rotatable bonds is 6. The van der Waals surface area contributed by atoms with Gasteiger partial charge in [0.15, 0.2) is 5.11 Å². The molecule has 0 unspecified atom stereocenters. The molecule has 27 heavy (non-hydrogen) atoms. The summed E-state index contributed by atoms with van der Waals surface area (Å²) in [5.41, 5.74) is 0.163. The van der Waals surface area contributed by atoms with Gasteiger partial charge in [0.1, 0.15) is 0 Å². The highest BCUT2D eigenvalue weighted by Crippen LogP contribution is 2.36. The third-order valence-electron chi connectivity index (χ3n) is 3.37. The fraction of sp³-hybridized carbons (Fsp3) is 0.235. The van der Waals surface area contributed by atoms with E-state index < -0.39 is 11.7 Å². The lowest BCUT2D eigenvalue weighted by Gasteiger charge is -2.14. The number of nitrogens with one attached hydrogen (secondary N) is 2. The first-order chi connectivity index (χ1) is 12.7. The summed E-state index contributed by atoms with van der Waals surface area (Å²) in [6, 6.07) is 8.87. The minimum Gasteiger partial charge on any atom is -0.362 e. The second kappa shape index (κ2) is 10.1. The smallest absolute Gasteiger partial charge is 0.362 e. The van der Waals surface area contributed by atoms with Crippen molar-refractivity contribution in [3.63, 3.8) is 0 Å². The first-order valence-electron chi connectivity index (χ1n) is 7.60. The van der Waals surface area contributed by atoms with Crippen LogP contribution in [0, 0.1) is 0 Å². The van der Waals surface area contributed by atoms with Gasteiger partial charge in [0, 0.05) is 33.8 Å². The summed E-state index contributed by atoms with van der Waals surface area (Å²) >= 11 is 24.5. The maximum absolute atomic E-state index is 12.9. The number of alkyl halides is 3. The van der Waals surface area contributed by atoms with Crippen LogP contribution in [0.15, 0.2) is 36.4 Å². The van der Waals surface area contributed by atoms with Crippen LogP contribution in [0.4, 0.5) is 18.9 Å². The van der Waals surface area contributed by atoms with Crippen LogP contribution in [0.2, 0.25) is 15.1 Å². The third kappa shape index (κ3) is 6.91. The van der Waals surface area contributed by atoms with Crippen molar-refractivity contribution in [3.05, 3.63) is 62.6 Å². The van der Waals surface area contributed by atoms with E-state index in [1.54, 1.807) is 30.0 Å². The maximum Gasteiger partial charge on any atom is 0.417 e. The zero-order chi connectivity index (χ0) is 20.0. The summed E-state index contributed by atoms with van der Waals surface area (Å²) in [6.07, 6.45) is -4.53.